The first-order valence-corrected chi connectivity index (χ1v) is 3.04. The zero-order chi connectivity index (χ0) is 6.85. The maximum atomic E-state index is 5.59. The van der Waals surface area contributed by atoms with Crippen molar-refractivity contribution >= 4 is 12.1 Å². The number of amidine groups is 1. The summed E-state index contributed by atoms with van der Waals surface area (Å²) >= 11 is 0. The Bertz CT molecular complexity index is 160. The quantitative estimate of drug-likeness (QED) is 0.501. The van der Waals surface area contributed by atoms with E-state index in [0.717, 1.165) is 5.84 Å². The molecule has 2 unspecified atom stereocenters. The predicted molar refractivity (Wildman–Crippen MR) is 38.7 cm³/mol. The van der Waals surface area contributed by atoms with Crippen molar-refractivity contribution in [1.29, 1.82) is 0 Å². The Kier molecular flexibility index (Phi) is 1.62. The van der Waals surface area contributed by atoms with Crippen molar-refractivity contribution in [3.8, 4) is 0 Å². The average molecular weight is 125 g/mol. The van der Waals surface area contributed by atoms with Crippen LogP contribution >= 0.6 is 0 Å². The Balaban J connectivity index is 2.70. The third-order valence-corrected chi connectivity index (χ3v) is 1.37. The maximum Gasteiger partial charge on any atom is 0.121 e. The molecule has 0 radical (unpaired) electrons. The van der Waals surface area contributed by atoms with E-state index in [1.807, 2.05) is 20.1 Å². The van der Waals surface area contributed by atoms with E-state index in [4.69, 9.17) is 5.73 Å². The van der Waals surface area contributed by atoms with E-state index in [-0.39, 0.29) is 12.1 Å². The van der Waals surface area contributed by atoms with Crippen LogP contribution in [0.25, 0.3) is 0 Å². The normalized spacial score (nSPS) is 34.3. The largest absolute Gasteiger partial charge is 0.309 e. The highest BCUT2D eigenvalue weighted by atomic mass is 15.0. The standard InChI is InChI=1S/C6H11N3/c1-4-3-8-5(2)9-6(4)7/h3-4,6H,7H2,1-2H3. The van der Waals surface area contributed by atoms with Gasteiger partial charge in [-0.15, -0.1) is 0 Å². The number of aliphatic imine (C=N–C) groups is 2. The van der Waals surface area contributed by atoms with Gasteiger partial charge in [-0.1, -0.05) is 6.92 Å². The van der Waals surface area contributed by atoms with Crippen LogP contribution in [-0.4, -0.2) is 18.2 Å². The fraction of sp³-hybridized carbons (Fsp3) is 0.667. The summed E-state index contributed by atoms with van der Waals surface area (Å²) in [5.41, 5.74) is 5.59. The summed E-state index contributed by atoms with van der Waals surface area (Å²) in [6.07, 6.45) is 1.76. The Morgan fingerprint density at radius 3 is 2.78 bits per heavy atom. The van der Waals surface area contributed by atoms with Crippen LogP contribution in [0, 0.1) is 5.92 Å². The van der Waals surface area contributed by atoms with Crippen LogP contribution < -0.4 is 5.73 Å². The van der Waals surface area contributed by atoms with Crippen molar-refractivity contribution < 1.29 is 0 Å². The smallest absolute Gasteiger partial charge is 0.121 e. The Morgan fingerprint density at radius 1 is 1.67 bits per heavy atom. The highest BCUT2D eigenvalue weighted by molar-refractivity contribution is 5.90. The van der Waals surface area contributed by atoms with Gasteiger partial charge < -0.3 is 5.73 Å². The van der Waals surface area contributed by atoms with Gasteiger partial charge in [0.1, 0.15) is 12.0 Å². The van der Waals surface area contributed by atoms with Gasteiger partial charge >= 0.3 is 0 Å². The topological polar surface area (TPSA) is 50.7 Å². The van der Waals surface area contributed by atoms with Gasteiger partial charge in [-0.25, -0.2) is 4.99 Å². The van der Waals surface area contributed by atoms with Gasteiger partial charge in [-0.05, 0) is 6.92 Å². The van der Waals surface area contributed by atoms with Gasteiger partial charge in [0.2, 0.25) is 0 Å². The van der Waals surface area contributed by atoms with E-state index >= 15 is 0 Å². The molecule has 2 N–H and O–H groups in total. The molecule has 1 rings (SSSR count). The molecule has 0 bridgehead atoms. The van der Waals surface area contributed by atoms with E-state index in [1.54, 1.807) is 0 Å². The minimum absolute atomic E-state index is 0.0810. The van der Waals surface area contributed by atoms with Crippen molar-refractivity contribution in [1.82, 2.24) is 0 Å². The van der Waals surface area contributed by atoms with E-state index in [0.29, 0.717) is 0 Å². The van der Waals surface area contributed by atoms with Crippen LogP contribution in [0.15, 0.2) is 9.98 Å². The summed E-state index contributed by atoms with van der Waals surface area (Å²) in [6, 6.07) is 0. The van der Waals surface area contributed by atoms with Gasteiger partial charge in [0.25, 0.3) is 0 Å². The fourth-order valence-electron chi connectivity index (χ4n) is 0.680. The second-order valence-electron chi connectivity index (χ2n) is 2.30. The van der Waals surface area contributed by atoms with Crippen LogP contribution in [0.5, 0.6) is 0 Å². The third kappa shape index (κ3) is 1.36. The van der Waals surface area contributed by atoms with Crippen molar-refractivity contribution in [2.75, 3.05) is 0 Å². The van der Waals surface area contributed by atoms with Crippen molar-refractivity contribution in [3.05, 3.63) is 0 Å². The molecule has 0 amide bonds. The monoisotopic (exact) mass is 125 g/mol. The number of nitrogens with two attached hydrogens (primary N) is 1. The summed E-state index contributed by atoms with van der Waals surface area (Å²) in [5, 5.41) is 0. The lowest BCUT2D eigenvalue weighted by atomic mass is 10.1. The van der Waals surface area contributed by atoms with Crippen LogP contribution in [0.4, 0.5) is 0 Å². The molecule has 0 aromatic rings. The Morgan fingerprint density at radius 2 is 2.33 bits per heavy atom. The number of nitrogens with zero attached hydrogens (tertiary/aromatic N) is 2. The van der Waals surface area contributed by atoms with Gasteiger partial charge in [-0.3, -0.25) is 4.99 Å². The van der Waals surface area contributed by atoms with Gasteiger partial charge in [0.05, 0.1) is 0 Å². The molecule has 1 heterocycles. The van der Waals surface area contributed by atoms with Crippen LogP contribution in [0.3, 0.4) is 0 Å². The molecular weight excluding hydrogens is 114 g/mol. The van der Waals surface area contributed by atoms with Gasteiger partial charge in [-0.2, -0.15) is 0 Å². The zero-order valence-corrected chi connectivity index (χ0v) is 5.70. The lowest BCUT2D eigenvalue weighted by Gasteiger charge is -2.14. The highest BCUT2D eigenvalue weighted by Crippen LogP contribution is 2.04. The lowest BCUT2D eigenvalue weighted by Crippen LogP contribution is -2.30. The summed E-state index contributed by atoms with van der Waals surface area (Å²) in [7, 11) is 0. The molecule has 0 aromatic heterocycles. The van der Waals surface area contributed by atoms with Crippen molar-refractivity contribution in [2.45, 2.75) is 20.0 Å². The van der Waals surface area contributed by atoms with Crippen LogP contribution in [0.2, 0.25) is 0 Å². The Hall–Kier alpha value is -0.700. The molecule has 2 atom stereocenters. The van der Waals surface area contributed by atoms with Gasteiger partial charge in [0.15, 0.2) is 0 Å². The lowest BCUT2D eigenvalue weighted by molar-refractivity contribution is 0.591. The molecule has 0 spiro atoms. The summed E-state index contributed by atoms with van der Waals surface area (Å²) < 4.78 is 0. The minimum atomic E-state index is -0.0810. The first kappa shape index (κ1) is 6.42. The third-order valence-electron chi connectivity index (χ3n) is 1.37. The molecule has 3 heteroatoms. The minimum Gasteiger partial charge on any atom is -0.309 e. The molecule has 3 nitrogen and oxygen atoms in total. The second-order valence-corrected chi connectivity index (χ2v) is 2.30. The summed E-state index contributed by atoms with van der Waals surface area (Å²) in [6.45, 7) is 3.85. The first-order chi connectivity index (χ1) is 4.20. The van der Waals surface area contributed by atoms with E-state index < -0.39 is 0 Å². The zero-order valence-electron chi connectivity index (χ0n) is 5.70. The number of hydrogen-bond donors (Lipinski definition) is 1. The molecule has 9 heavy (non-hydrogen) atoms. The van der Waals surface area contributed by atoms with Crippen LogP contribution in [0.1, 0.15) is 13.8 Å². The molecule has 1 aliphatic heterocycles. The second kappa shape index (κ2) is 2.27. The van der Waals surface area contributed by atoms with Crippen molar-refractivity contribution in [2.24, 2.45) is 21.6 Å². The average Bonchev–Trinajstić information content (AvgIpc) is 1.80. The highest BCUT2D eigenvalue weighted by Gasteiger charge is 2.11. The maximum absolute atomic E-state index is 5.59. The molecule has 1 aliphatic rings. The number of rotatable bonds is 0. The molecule has 50 valence electrons. The summed E-state index contributed by atoms with van der Waals surface area (Å²) in [4.78, 5) is 8.07. The fourth-order valence-corrected chi connectivity index (χ4v) is 0.680. The van der Waals surface area contributed by atoms with E-state index in [2.05, 4.69) is 9.98 Å². The molecule has 0 saturated heterocycles. The van der Waals surface area contributed by atoms with Gasteiger partial charge in [0, 0.05) is 12.1 Å². The first-order valence-electron chi connectivity index (χ1n) is 3.04. The molecule has 0 aliphatic carbocycles. The molecule has 0 fully saturated rings. The molecular formula is C6H11N3. The Labute approximate surface area is 54.7 Å². The van der Waals surface area contributed by atoms with E-state index in [1.165, 1.54) is 0 Å². The van der Waals surface area contributed by atoms with Crippen LogP contribution in [-0.2, 0) is 0 Å². The number of hydrogen-bond acceptors (Lipinski definition) is 3. The summed E-state index contributed by atoms with van der Waals surface area (Å²) in [5.74, 6) is 1.06. The SMILES string of the molecule is CC1=NC(N)C(C)C=N1. The predicted octanol–water partition coefficient (Wildman–Crippen LogP) is 0.410. The molecule has 0 saturated carbocycles. The molecule has 0 aromatic carbocycles. The van der Waals surface area contributed by atoms with E-state index in [9.17, 15) is 0 Å². The van der Waals surface area contributed by atoms with Crippen molar-refractivity contribution in [3.63, 3.8) is 0 Å².